The second kappa shape index (κ2) is 5.88. The van der Waals surface area contributed by atoms with E-state index in [-0.39, 0.29) is 6.03 Å². The third kappa shape index (κ3) is 2.65. The van der Waals surface area contributed by atoms with Crippen LogP contribution in [0, 0.1) is 0 Å². The van der Waals surface area contributed by atoms with Gasteiger partial charge in [-0.15, -0.1) is 0 Å². The predicted molar refractivity (Wildman–Crippen MR) is 86.7 cm³/mol. The molecule has 0 unspecified atom stereocenters. The van der Waals surface area contributed by atoms with E-state index >= 15 is 0 Å². The monoisotopic (exact) mass is 298 g/mol. The number of anilines is 4. The highest BCUT2D eigenvalue weighted by atomic mass is 16.2. The molecule has 1 saturated heterocycles. The van der Waals surface area contributed by atoms with Gasteiger partial charge in [0.05, 0.1) is 0 Å². The number of aromatic nitrogens is 2. The Balaban J connectivity index is 1.84. The second-order valence-corrected chi connectivity index (χ2v) is 5.03. The standard InChI is InChI=1S/C15H18N6O/c1-16-13-14(18-7-6-17-13)19-11-4-3-5-12(10-11)21-9-8-20(2)15(21)22/h3-7,10H,8-9H2,1-2H3,(H,16,17)(H,18,19). The summed E-state index contributed by atoms with van der Waals surface area (Å²) in [4.78, 5) is 24.0. The van der Waals surface area contributed by atoms with Gasteiger partial charge in [-0.25, -0.2) is 14.8 Å². The van der Waals surface area contributed by atoms with Crippen molar-refractivity contribution in [2.75, 3.05) is 42.7 Å². The van der Waals surface area contributed by atoms with Crippen molar-refractivity contribution in [2.45, 2.75) is 0 Å². The average Bonchev–Trinajstić information content (AvgIpc) is 2.88. The molecule has 0 radical (unpaired) electrons. The van der Waals surface area contributed by atoms with Gasteiger partial charge in [0.1, 0.15) is 0 Å². The Morgan fingerprint density at radius 3 is 2.59 bits per heavy atom. The molecule has 1 aliphatic rings. The molecule has 7 heteroatoms. The number of carbonyl (C=O) groups excluding carboxylic acids is 1. The number of hydrogen-bond donors (Lipinski definition) is 2. The van der Waals surface area contributed by atoms with Crippen molar-refractivity contribution in [3.05, 3.63) is 36.7 Å². The zero-order valence-electron chi connectivity index (χ0n) is 12.6. The van der Waals surface area contributed by atoms with Gasteiger partial charge in [-0.1, -0.05) is 6.07 Å². The first-order valence-corrected chi connectivity index (χ1v) is 7.07. The summed E-state index contributed by atoms with van der Waals surface area (Å²) in [5.74, 6) is 1.32. The molecule has 1 fully saturated rings. The molecule has 0 aliphatic carbocycles. The van der Waals surface area contributed by atoms with Crippen LogP contribution in [0.5, 0.6) is 0 Å². The number of nitrogens with one attached hydrogen (secondary N) is 2. The Kier molecular flexibility index (Phi) is 3.78. The van der Waals surface area contributed by atoms with E-state index in [1.165, 1.54) is 0 Å². The molecular formula is C15H18N6O. The molecule has 0 atom stereocenters. The maximum Gasteiger partial charge on any atom is 0.324 e. The van der Waals surface area contributed by atoms with Gasteiger partial charge in [0.25, 0.3) is 0 Å². The summed E-state index contributed by atoms with van der Waals surface area (Å²) in [6.45, 7) is 1.44. The molecule has 0 spiro atoms. The third-order valence-electron chi connectivity index (χ3n) is 3.57. The van der Waals surface area contributed by atoms with Crippen LogP contribution in [-0.4, -0.2) is 48.1 Å². The lowest BCUT2D eigenvalue weighted by atomic mass is 10.2. The van der Waals surface area contributed by atoms with Crippen molar-refractivity contribution in [1.82, 2.24) is 14.9 Å². The Bertz CT molecular complexity index is 689. The van der Waals surface area contributed by atoms with Gasteiger partial charge in [-0.2, -0.15) is 0 Å². The van der Waals surface area contributed by atoms with Crippen LogP contribution < -0.4 is 15.5 Å². The Morgan fingerprint density at radius 2 is 1.91 bits per heavy atom. The Morgan fingerprint density at radius 1 is 1.14 bits per heavy atom. The average molecular weight is 298 g/mol. The lowest BCUT2D eigenvalue weighted by molar-refractivity contribution is 0.229. The molecule has 7 nitrogen and oxygen atoms in total. The smallest absolute Gasteiger partial charge is 0.324 e. The fourth-order valence-corrected chi connectivity index (χ4v) is 2.39. The minimum Gasteiger partial charge on any atom is -0.370 e. The molecule has 2 amide bonds. The Labute approximate surface area is 129 Å². The van der Waals surface area contributed by atoms with Crippen molar-refractivity contribution in [3.63, 3.8) is 0 Å². The summed E-state index contributed by atoms with van der Waals surface area (Å²) < 4.78 is 0. The van der Waals surface area contributed by atoms with Crippen molar-refractivity contribution in [2.24, 2.45) is 0 Å². The highest BCUT2D eigenvalue weighted by molar-refractivity contribution is 5.94. The normalized spacial score (nSPS) is 14.4. The zero-order chi connectivity index (χ0) is 15.5. The highest BCUT2D eigenvalue weighted by Gasteiger charge is 2.26. The molecule has 0 bridgehead atoms. The maximum absolute atomic E-state index is 12.1. The van der Waals surface area contributed by atoms with Crippen LogP contribution in [-0.2, 0) is 0 Å². The maximum atomic E-state index is 12.1. The molecule has 1 aliphatic heterocycles. The van der Waals surface area contributed by atoms with Crippen LogP contribution in [0.25, 0.3) is 0 Å². The highest BCUT2D eigenvalue weighted by Crippen LogP contribution is 2.26. The molecule has 2 heterocycles. The molecule has 1 aromatic carbocycles. The van der Waals surface area contributed by atoms with E-state index in [4.69, 9.17) is 0 Å². The largest absolute Gasteiger partial charge is 0.370 e. The van der Waals surface area contributed by atoms with E-state index in [2.05, 4.69) is 20.6 Å². The van der Waals surface area contributed by atoms with Crippen molar-refractivity contribution < 1.29 is 4.79 Å². The number of benzene rings is 1. The van der Waals surface area contributed by atoms with Crippen LogP contribution in [0.3, 0.4) is 0 Å². The SMILES string of the molecule is CNc1nccnc1Nc1cccc(N2CCN(C)C2=O)c1. The number of rotatable bonds is 4. The zero-order valence-corrected chi connectivity index (χ0v) is 12.6. The van der Waals surface area contributed by atoms with Gasteiger partial charge in [0, 0.05) is 51.0 Å². The first kappa shape index (κ1) is 14.1. The molecule has 2 N–H and O–H groups in total. The first-order valence-electron chi connectivity index (χ1n) is 7.07. The first-order chi connectivity index (χ1) is 10.7. The van der Waals surface area contributed by atoms with Gasteiger partial charge >= 0.3 is 6.03 Å². The van der Waals surface area contributed by atoms with Crippen LogP contribution in [0.15, 0.2) is 36.7 Å². The second-order valence-electron chi connectivity index (χ2n) is 5.03. The Hall–Kier alpha value is -2.83. The van der Waals surface area contributed by atoms with Crippen LogP contribution >= 0.6 is 0 Å². The van der Waals surface area contributed by atoms with E-state index in [1.807, 2.05) is 31.3 Å². The minimum absolute atomic E-state index is 0.0209. The molecule has 2 aromatic rings. The van der Waals surface area contributed by atoms with E-state index in [9.17, 15) is 4.79 Å². The van der Waals surface area contributed by atoms with E-state index in [0.717, 1.165) is 17.9 Å². The van der Waals surface area contributed by atoms with Crippen LogP contribution in [0.1, 0.15) is 0 Å². The van der Waals surface area contributed by atoms with Crippen LogP contribution in [0.4, 0.5) is 27.8 Å². The van der Waals surface area contributed by atoms with Gasteiger partial charge in [-0.05, 0) is 18.2 Å². The van der Waals surface area contributed by atoms with Crippen LogP contribution in [0.2, 0.25) is 0 Å². The summed E-state index contributed by atoms with van der Waals surface area (Å²) in [6.07, 6.45) is 3.26. The van der Waals surface area contributed by atoms with E-state index in [0.29, 0.717) is 18.2 Å². The number of carbonyl (C=O) groups is 1. The molecule has 22 heavy (non-hydrogen) atoms. The molecule has 0 saturated carbocycles. The third-order valence-corrected chi connectivity index (χ3v) is 3.57. The number of amides is 2. The van der Waals surface area contributed by atoms with Crippen molar-refractivity contribution in [1.29, 1.82) is 0 Å². The topological polar surface area (TPSA) is 73.4 Å². The van der Waals surface area contributed by atoms with Gasteiger partial charge in [0.2, 0.25) is 0 Å². The lowest BCUT2D eigenvalue weighted by Gasteiger charge is -2.17. The minimum atomic E-state index is 0.0209. The lowest BCUT2D eigenvalue weighted by Crippen LogP contribution is -2.29. The van der Waals surface area contributed by atoms with E-state index < -0.39 is 0 Å². The molecule has 1 aromatic heterocycles. The fraction of sp³-hybridized carbons (Fsp3) is 0.267. The van der Waals surface area contributed by atoms with Crippen molar-refractivity contribution in [3.8, 4) is 0 Å². The summed E-state index contributed by atoms with van der Waals surface area (Å²) >= 11 is 0. The number of nitrogens with zero attached hydrogens (tertiary/aromatic N) is 4. The number of hydrogen-bond acceptors (Lipinski definition) is 5. The van der Waals surface area contributed by atoms with Gasteiger partial charge in [-0.3, -0.25) is 4.90 Å². The molecular weight excluding hydrogens is 280 g/mol. The summed E-state index contributed by atoms with van der Waals surface area (Å²) in [5.41, 5.74) is 1.73. The number of likely N-dealkylation sites (N-methyl/N-ethyl adjacent to an activating group) is 1. The summed E-state index contributed by atoms with van der Waals surface area (Å²) in [5, 5.41) is 6.22. The van der Waals surface area contributed by atoms with Crippen molar-refractivity contribution >= 4 is 29.0 Å². The molecule has 3 rings (SSSR count). The summed E-state index contributed by atoms with van der Waals surface area (Å²) in [6, 6.07) is 7.73. The fourth-order valence-electron chi connectivity index (χ4n) is 2.39. The van der Waals surface area contributed by atoms with Gasteiger partial charge in [0.15, 0.2) is 11.6 Å². The number of urea groups is 1. The summed E-state index contributed by atoms with van der Waals surface area (Å²) in [7, 11) is 3.60. The van der Waals surface area contributed by atoms with E-state index in [1.54, 1.807) is 29.2 Å². The quantitative estimate of drug-likeness (QED) is 0.904. The molecule has 114 valence electrons. The predicted octanol–water partition coefficient (Wildman–Crippen LogP) is 2.13. The van der Waals surface area contributed by atoms with Gasteiger partial charge < -0.3 is 15.5 Å².